The maximum absolute atomic E-state index is 13.2. The predicted molar refractivity (Wildman–Crippen MR) is 101 cm³/mol. The second kappa shape index (κ2) is 7.72. The summed E-state index contributed by atoms with van der Waals surface area (Å²) in [5.74, 6) is 0.378. The van der Waals surface area contributed by atoms with E-state index in [0.717, 1.165) is 45.6 Å². The molecule has 1 aliphatic carbocycles. The number of imide groups is 1. The highest BCUT2D eigenvalue weighted by molar-refractivity contribution is 6.21. The molecular formula is C21H26N2O4. The Balaban J connectivity index is 1.56. The number of morpholine rings is 1. The molecule has 6 nitrogen and oxygen atoms in total. The number of anilines is 1. The standard InChI is InChI=1S/C21H26N2O4/c1-26-16-8-6-15(7-9-16)23-20(24)14-18(21(23)25)17-4-2-3-5-19(17)22-10-12-27-13-11-22/h5-9,17-18H,2-4,10-14H2,1H3/t17-,18+/m0/s1. The molecule has 0 saturated carbocycles. The maximum atomic E-state index is 13.2. The largest absolute Gasteiger partial charge is 0.497 e. The van der Waals surface area contributed by atoms with E-state index in [0.29, 0.717) is 11.4 Å². The second-order valence-electron chi connectivity index (χ2n) is 7.34. The normalized spacial score (nSPS) is 26.3. The lowest BCUT2D eigenvalue weighted by atomic mass is 9.80. The zero-order valence-electron chi connectivity index (χ0n) is 15.7. The van der Waals surface area contributed by atoms with Crippen LogP contribution >= 0.6 is 0 Å². The van der Waals surface area contributed by atoms with E-state index in [1.165, 1.54) is 10.6 Å². The van der Waals surface area contributed by atoms with Crippen LogP contribution in [-0.4, -0.2) is 50.1 Å². The predicted octanol–water partition coefficient (Wildman–Crippen LogP) is 2.59. The smallest absolute Gasteiger partial charge is 0.238 e. The molecule has 3 aliphatic rings. The third kappa shape index (κ3) is 3.46. The van der Waals surface area contributed by atoms with E-state index in [9.17, 15) is 9.59 Å². The molecule has 0 N–H and O–H groups in total. The van der Waals surface area contributed by atoms with Crippen molar-refractivity contribution in [3.8, 4) is 5.75 Å². The van der Waals surface area contributed by atoms with Crippen LogP contribution < -0.4 is 9.64 Å². The highest BCUT2D eigenvalue weighted by Crippen LogP contribution is 2.40. The zero-order chi connectivity index (χ0) is 18.8. The lowest BCUT2D eigenvalue weighted by molar-refractivity contribution is -0.123. The van der Waals surface area contributed by atoms with Gasteiger partial charge in [0.25, 0.3) is 0 Å². The lowest BCUT2D eigenvalue weighted by Crippen LogP contribution is -2.41. The minimum Gasteiger partial charge on any atom is -0.497 e. The first-order valence-corrected chi connectivity index (χ1v) is 9.72. The summed E-state index contributed by atoms with van der Waals surface area (Å²) in [4.78, 5) is 29.6. The van der Waals surface area contributed by atoms with Crippen molar-refractivity contribution < 1.29 is 19.1 Å². The van der Waals surface area contributed by atoms with Crippen LogP contribution in [0, 0.1) is 11.8 Å². The van der Waals surface area contributed by atoms with Gasteiger partial charge in [-0.3, -0.25) is 14.5 Å². The highest BCUT2D eigenvalue weighted by atomic mass is 16.5. The molecule has 2 aliphatic heterocycles. The first kappa shape index (κ1) is 18.0. The van der Waals surface area contributed by atoms with Crippen LogP contribution in [0.2, 0.25) is 0 Å². The van der Waals surface area contributed by atoms with Gasteiger partial charge in [0.2, 0.25) is 11.8 Å². The minimum absolute atomic E-state index is 0.0729. The molecule has 2 atom stereocenters. The first-order chi connectivity index (χ1) is 13.2. The molecule has 144 valence electrons. The van der Waals surface area contributed by atoms with Crippen LogP contribution in [0.3, 0.4) is 0 Å². The molecule has 2 heterocycles. The van der Waals surface area contributed by atoms with Gasteiger partial charge in [0.1, 0.15) is 5.75 Å². The van der Waals surface area contributed by atoms with E-state index >= 15 is 0 Å². The fraction of sp³-hybridized carbons (Fsp3) is 0.524. The lowest BCUT2D eigenvalue weighted by Gasteiger charge is -2.38. The van der Waals surface area contributed by atoms with Gasteiger partial charge in [0.05, 0.1) is 31.9 Å². The topological polar surface area (TPSA) is 59.1 Å². The third-order valence-corrected chi connectivity index (χ3v) is 5.83. The molecule has 0 bridgehead atoms. The fourth-order valence-corrected chi connectivity index (χ4v) is 4.45. The quantitative estimate of drug-likeness (QED) is 0.763. The average molecular weight is 370 g/mol. The number of ether oxygens (including phenoxy) is 2. The average Bonchev–Trinajstić information content (AvgIpc) is 3.02. The molecule has 0 radical (unpaired) electrons. The summed E-state index contributed by atoms with van der Waals surface area (Å²) in [7, 11) is 1.60. The molecule has 1 aromatic carbocycles. The van der Waals surface area contributed by atoms with E-state index in [4.69, 9.17) is 9.47 Å². The van der Waals surface area contributed by atoms with Gasteiger partial charge in [-0.2, -0.15) is 0 Å². The Labute approximate surface area is 159 Å². The van der Waals surface area contributed by atoms with Gasteiger partial charge in [0, 0.05) is 31.1 Å². The minimum atomic E-state index is -0.269. The van der Waals surface area contributed by atoms with Crippen molar-refractivity contribution in [3.63, 3.8) is 0 Å². The van der Waals surface area contributed by atoms with Crippen molar-refractivity contribution in [2.24, 2.45) is 11.8 Å². The Morgan fingerprint density at radius 3 is 2.52 bits per heavy atom. The summed E-state index contributed by atoms with van der Waals surface area (Å²) in [6, 6.07) is 7.11. The number of hydrogen-bond donors (Lipinski definition) is 0. The molecule has 0 spiro atoms. The molecule has 0 unspecified atom stereocenters. The summed E-state index contributed by atoms with van der Waals surface area (Å²) >= 11 is 0. The van der Waals surface area contributed by atoms with Gasteiger partial charge in [-0.15, -0.1) is 0 Å². The number of allylic oxidation sites excluding steroid dienone is 2. The van der Waals surface area contributed by atoms with E-state index in [1.54, 1.807) is 31.4 Å². The van der Waals surface area contributed by atoms with Gasteiger partial charge in [-0.05, 0) is 43.5 Å². The first-order valence-electron chi connectivity index (χ1n) is 9.72. The van der Waals surface area contributed by atoms with Crippen molar-refractivity contribution >= 4 is 17.5 Å². The van der Waals surface area contributed by atoms with Crippen LogP contribution in [0.15, 0.2) is 36.0 Å². The molecule has 6 heteroatoms. The Morgan fingerprint density at radius 1 is 1.07 bits per heavy atom. The summed E-state index contributed by atoms with van der Waals surface area (Å²) in [6.07, 6.45) is 5.63. The van der Waals surface area contributed by atoms with Crippen LogP contribution in [0.25, 0.3) is 0 Å². The summed E-state index contributed by atoms with van der Waals surface area (Å²) < 4.78 is 10.6. The second-order valence-corrected chi connectivity index (χ2v) is 7.34. The van der Waals surface area contributed by atoms with Crippen molar-refractivity contribution in [2.75, 3.05) is 38.3 Å². The van der Waals surface area contributed by atoms with E-state index in [1.807, 2.05) is 0 Å². The zero-order valence-corrected chi connectivity index (χ0v) is 15.7. The SMILES string of the molecule is COc1ccc(N2C(=O)C[C@H]([C@@H]3CCCC=C3N3CCOCC3)C2=O)cc1. The van der Waals surface area contributed by atoms with E-state index in [-0.39, 0.29) is 30.1 Å². The van der Waals surface area contributed by atoms with Crippen LogP contribution in [0.5, 0.6) is 5.75 Å². The third-order valence-electron chi connectivity index (χ3n) is 5.83. The van der Waals surface area contributed by atoms with Crippen LogP contribution in [-0.2, 0) is 14.3 Å². The van der Waals surface area contributed by atoms with Crippen molar-refractivity contribution in [3.05, 3.63) is 36.0 Å². The van der Waals surface area contributed by atoms with Gasteiger partial charge in [-0.1, -0.05) is 6.08 Å². The number of amides is 2. The van der Waals surface area contributed by atoms with Gasteiger partial charge >= 0.3 is 0 Å². The Bertz CT molecular complexity index is 737. The molecular weight excluding hydrogens is 344 g/mol. The number of rotatable bonds is 4. The molecule has 2 saturated heterocycles. The van der Waals surface area contributed by atoms with Gasteiger partial charge in [-0.25, -0.2) is 0 Å². The number of carbonyl (C=O) groups is 2. The summed E-state index contributed by atoms with van der Waals surface area (Å²) in [5.41, 5.74) is 1.87. The molecule has 2 amide bonds. The number of hydrogen-bond acceptors (Lipinski definition) is 5. The Morgan fingerprint density at radius 2 is 1.81 bits per heavy atom. The monoisotopic (exact) mass is 370 g/mol. The fourth-order valence-electron chi connectivity index (χ4n) is 4.45. The van der Waals surface area contributed by atoms with Crippen molar-refractivity contribution in [1.82, 2.24) is 4.90 Å². The number of carbonyl (C=O) groups excluding carboxylic acids is 2. The molecule has 27 heavy (non-hydrogen) atoms. The number of methoxy groups -OCH3 is 1. The van der Waals surface area contributed by atoms with Crippen molar-refractivity contribution in [2.45, 2.75) is 25.7 Å². The molecule has 4 rings (SSSR count). The molecule has 2 fully saturated rings. The van der Waals surface area contributed by atoms with E-state index in [2.05, 4.69) is 11.0 Å². The van der Waals surface area contributed by atoms with Crippen molar-refractivity contribution in [1.29, 1.82) is 0 Å². The maximum Gasteiger partial charge on any atom is 0.238 e. The number of nitrogens with zero attached hydrogens (tertiary/aromatic N) is 2. The Hall–Kier alpha value is -2.34. The summed E-state index contributed by atoms with van der Waals surface area (Å²) in [6.45, 7) is 3.16. The van der Waals surface area contributed by atoms with Crippen LogP contribution in [0.1, 0.15) is 25.7 Å². The van der Waals surface area contributed by atoms with Gasteiger partial charge < -0.3 is 14.4 Å². The van der Waals surface area contributed by atoms with Gasteiger partial charge in [0.15, 0.2) is 0 Å². The highest BCUT2D eigenvalue weighted by Gasteiger charge is 2.45. The summed E-state index contributed by atoms with van der Waals surface area (Å²) in [5, 5.41) is 0. The molecule has 1 aromatic rings. The molecule has 0 aromatic heterocycles. The van der Waals surface area contributed by atoms with E-state index < -0.39 is 0 Å². The number of benzene rings is 1. The van der Waals surface area contributed by atoms with Crippen LogP contribution in [0.4, 0.5) is 5.69 Å². The Kier molecular flexibility index (Phi) is 5.16.